The standard InChI is InChI=1S/C7H8BrN3O2S/c8-4-1-2-14-7(4)6(13)5(12)3-10-11-9/h1-2,5-6,12-13H,3H2. The first kappa shape index (κ1) is 11.5. The molecule has 0 spiro atoms. The van der Waals surface area contributed by atoms with Gasteiger partial charge in [-0.3, -0.25) is 0 Å². The Morgan fingerprint density at radius 1 is 1.64 bits per heavy atom. The van der Waals surface area contributed by atoms with Crippen LogP contribution in [0.3, 0.4) is 0 Å². The van der Waals surface area contributed by atoms with Gasteiger partial charge in [-0.2, -0.15) is 0 Å². The highest BCUT2D eigenvalue weighted by atomic mass is 79.9. The molecule has 2 atom stereocenters. The zero-order valence-corrected chi connectivity index (χ0v) is 9.44. The fourth-order valence-electron chi connectivity index (χ4n) is 0.911. The van der Waals surface area contributed by atoms with Crippen LogP contribution in [0.25, 0.3) is 10.4 Å². The predicted molar refractivity (Wildman–Crippen MR) is 57.0 cm³/mol. The number of aliphatic hydroxyl groups is 2. The van der Waals surface area contributed by atoms with Crippen LogP contribution in [0.2, 0.25) is 0 Å². The molecule has 0 saturated carbocycles. The minimum absolute atomic E-state index is 0.137. The van der Waals surface area contributed by atoms with Gasteiger partial charge in [0.25, 0.3) is 0 Å². The van der Waals surface area contributed by atoms with Crippen molar-refractivity contribution < 1.29 is 10.2 Å². The van der Waals surface area contributed by atoms with E-state index < -0.39 is 12.2 Å². The van der Waals surface area contributed by atoms with E-state index in [-0.39, 0.29) is 6.54 Å². The van der Waals surface area contributed by atoms with Crippen molar-refractivity contribution >= 4 is 27.3 Å². The Morgan fingerprint density at radius 3 is 2.86 bits per heavy atom. The summed E-state index contributed by atoms with van der Waals surface area (Å²) in [5, 5.41) is 24.0. The van der Waals surface area contributed by atoms with Crippen LogP contribution in [0, 0.1) is 0 Å². The van der Waals surface area contributed by atoms with Crippen LogP contribution in [0.4, 0.5) is 0 Å². The maximum Gasteiger partial charge on any atom is 0.115 e. The normalized spacial score (nSPS) is 14.5. The smallest absolute Gasteiger partial charge is 0.115 e. The summed E-state index contributed by atoms with van der Waals surface area (Å²) in [7, 11) is 0. The molecule has 2 N–H and O–H groups in total. The number of thiophene rings is 1. The molecule has 14 heavy (non-hydrogen) atoms. The third-order valence-electron chi connectivity index (χ3n) is 1.61. The molecule has 0 aromatic carbocycles. The minimum Gasteiger partial charge on any atom is -0.390 e. The fraction of sp³-hybridized carbons (Fsp3) is 0.429. The number of rotatable bonds is 4. The van der Waals surface area contributed by atoms with E-state index in [1.165, 1.54) is 11.3 Å². The summed E-state index contributed by atoms with van der Waals surface area (Å²) in [6, 6.07) is 1.78. The first-order valence-corrected chi connectivity index (χ1v) is 5.44. The molecule has 1 aromatic rings. The summed E-state index contributed by atoms with van der Waals surface area (Å²) in [5.41, 5.74) is 8.04. The van der Waals surface area contributed by atoms with Crippen molar-refractivity contribution in [1.29, 1.82) is 0 Å². The number of nitrogens with zero attached hydrogens (tertiary/aromatic N) is 3. The van der Waals surface area contributed by atoms with Crippen LogP contribution in [0.1, 0.15) is 11.0 Å². The van der Waals surface area contributed by atoms with Gasteiger partial charge in [0.15, 0.2) is 0 Å². The van der Waals surface area contributed by atoms with Gasteiger partial charge in [0, 0.05) is 14.3 Å². The molecule has 0 radical (unpaired) electrons. The molecule has 0 bridgehead atoms. The molecule has 0 fully saturated rings. The van der Waals surface area contributed by atoms with E-state index in [0.717, 1.165) is 4.47 Å². The maximum atomic E-state index is 9.63. The molecular weight excluding hydrogens is 270 g/mol. The van der Waals surface area contributed by atoms with E-state index in [0.29, 0.717) is 4.88 Å². The van der Waals surface area contributed by atoms with Crippen LogP contribution < -0.4 is 0 Å². The van der Waals surface area contributed by atoms with Crippen LogP contribution in [-0.4, -0.2) is 22.9 Å². The highest BCUT2D eigenvalue weighted by Gasteiger charge is 2.20. The van der Waals surface area contributed by atoms with Crippen LogP contribution in [0.15, 0.2) is 21.0 Å². The average molecular weight is 278 g/mol. The zero-order valence-electron chi connectivity index (χ0n) is 7.04. The molecule has 0 aliphatic carbocycles. The minimum atomic E-state index is -1.07. The molecule has 5 nitrogen and oxygen atoms in total. The van der Waals surface area contributed by atoms with Crippen molar-refractivity contribution in [2.45, 2.75) is 12.2 Å². The van der Waals surface area contributed by atoms with Gasteiger partial charge in [-0.1, -0.05) is 5.11 Å². The van der Waals surface area contributed by atoms with Crippen LogP contribution in [-0.2, 0) is 0 Å². The monoisotopic (exact) mass is 277 g/mol. The van der Waals surface area contributed by atoms with E-state index in [2.05, 4.69) is 26.0 Å². The molecule has 1 rings (SSSR count). The Labute approximate surface area is 92.8 Å². The van der Waals surface area contributed by atoms with E-state index in [9.17, 15) is 10.2 Å². The lowest BCUT2D eigenvalue weighted by Gasteiger charge is -2.14. The number of azide groups is 1. The summed E-state index contributed by atoms with van der Waals surface area (Å²) in [6.07, 6.45) is -2.09. The second kappa shape index (κ2) is 5.33. The van der Waals surface area contributed by atoms with Crippen molar-refractivity contribution in [3.05, 3.63) is 31.2 Å². The summed E-state index contributed by atoms with van der Waals surface area (Å²) in [4.78, 5) is 3.14. The van der Waals surface area contributed by atoms with Crippen molar-refractivity contribution in [3.63, 3.8) is 0 Å². The Hall–Kier alpha value is -0.590. The third kappa shape index (κ3) is 2.70. The van der Waals surface area contributed by atoms with Gasteiger partial charge in [-0.15, -0.1) is 11.3 Å². The lowest BCUT2D eigenvalue weighted by molar-refractivity contribution is 0.0262. The second-order valence-electron chi connectivity index (χ2n) is 2.56. The second-order valence-corrected chi connectivity index (χ2v) is 4.36. The van der Waals surface area contributed by atoms with Crippen LogP contribution in [0.5, 0.6) is 0 Å². The SMILES string of the molecule is [N-]=[N+]=NCC(O)C(O)c1sccc1Br. The van der Waals surface area contributed by atoms with E-state index in [1.807, 2.05) is 0 Å². The molecule has 1 aromatic heterocycles. The maximum absolute atomic E-state index is 9.63. The van der Waals surface area contributed by atoms with Gasteiger partial charge < -0.3 is 10.2 Å². The van der Waals surface area contributed by atoms with Crippen LogP contribution >= 0.6 is 27.3 Å². The largest absolute Gasteiger partial charge is 0.390 e. The topological polar surface area (TPSA) is 89.2 Å². The molecule has 0 aliphatic rings. The van der Waals surface area contributed by atoms with Crippen molar-refractivity contribution in [2.75, 3.05) is 6.54 Å². The lowest BCUT2D eigenvalue weighted by atomic mass is 10.2. The molecular formula is C7H8BrN3O2S. The third-order valence-corrected chi connectivity index (χ3v) is 3.55. The molecule has 2 unspecified atom stereocenters. The summed E-state index contributed by atoms with van der Waals surface area (Å²) in [5.74, 6) is 0. The predicted octanol–water partition coefficient (Wildman–Crippen LogP) is 2.22. The van der Waals surface area contributed by atoms with Gasteiger partial charge in [0.2, 0.25) is 0 Å². The molecule has 0 saturated heterocycles. The summed E-state index contributed by atoms with van der Waals surface area (Å²) >= 11 is 4.57. The van der Waals surface area contributed by atoms with Crippen molar-refractivity contribution in [2.24, 2.45) is 5.11 Å². The summed E-state index contributed by atoms with van der Waals surface area (Å²) < 4.78 is 0.745. The van der Waals surface area contributed by atoms with Gasteiger partial charge in [-0.25, -0.2) is 0 Å². The Balaban J connectivity index is 2.69. The van der Waals surface area contributed by atoms with Gasteiger partial charge in [-0.05, 0) is 32.9 Å². The van der Waals surface area contributed by atoms with E-state index in [4.69, 9.17) is 5.53 Å². The van der Waals surface area contributed by atoms with Crippen molar-refractivity contribution in [1.82, 2.24) is 0 Å². The quantitative estimate of drug-likeness (QED) is 0.502. The molecule has 7 heteroatoms. The Kier molecular flexibility index (Phi) is 4.37. The number of hydrogen-bond donors (Lipinski definition) is 2. The van der Waals surface area contributed by atoms with Gasteiger partial charge in [0.1, 0.15) is 6.10 Å². The first-order chi connectivity index (χ1) is 6.66. The molecule has 1 heterocycles. The lowest BCUT2D eigenvalue weighted by Crippen LogP contribution is -2.20. The first-order valence-electron chi connectivity index (χ1n) is 3.76. The number of aliphatic hydroxyl groups excluding tert-OH is 2. The van der Waals surface area contributed by atoms with Crippen molar-refractivity contribution in [3.8, 4) is 0 Å². The Bertz CT molecular complexity index is 350. The van der Waals surface area contributed by atoms with E-state index >= 15 is 0 Å². The highest BCUT2D eigenvalue weighted by Crippen LogP contribution is 2.30. The zero-order chi connectivity index (χ0) is 10.6. The molecule has 0 amide bonds. The summed E-state index contributed by atoms with van der Waals surface area (Å²) in [6.45, 7) is -0.137. The fourth-order valence-corrected chi connectivity index (χ4v) is 2.56. The van der Waals surface area contributed by atoms with E-state index in [1.54, 1.807) is 11.4 Å². The molecule has 0 aliphatic heterocycles. The number of halogens is 1. The average Bonchev–Trinajstić information content (AvgIpc) is 2.59. The highest BCUT2D eigenvalue weighted by molar-refractivity contribution is 9.10. The Morgan fingerprint density at radius 2 is 2.36 bits per heavy atom. The number of hydrogen-bond acceptors (Lipinski definition) is 4. The van der Waals surface area contributed by atoms with Gasteiger partial charge in [0.05, 0.1) is 12.6 Å². The van der Waals surface area contributed by atoms with Gasteiger partial charge >= 0.3 is 0 Å². The molecule has 76 valence electrons.